The molecule has 0 spiro atoms. The van der Waals surface area contributed by atoms with Crippen molar-refractivity contribution in [3.63, 3.8) is 0 Å². The summed E-state index contributed by atoms with van der Waals surface area (Å²) in [6.07, 6.45) is 4.18. The van der Waals surface area contributed by atoms with E-state index >= 15 is 0 Å². The molecule has 1 aromatic carbocycles. The average molecular weight is 297 g/mol. The molecule has 0 bridgehead atoms. The summed E-state index contributed by atoms with van der Waals surface area (Å²) in [7, 11) is 1.97. The molecule has 1 aliphatic rings. The van der Waals surface area contributed by atoms with Gasteiger partial charge < -0.3 is 5.32 Å². The number of hydrogen-bond acceptors (Lipinski definition) is 3. The van der Waals surface area contributed by atoms with E-state index in [9.17, 15) is 10.1 Å². The predicted molar refractivity (Wildman–Crippen MR) is 81.2 cm³/mol. The average Bonchev–Trinajstić information content (AvgIpc) is 2.38. The van der Waals surface area contributed by atoms with Gasteiger partial charge in [-0.1, -0.05) is 18.5 Å². The monoisotopic (exact) mass is 296 g/mol. The maximum absolute atomic E-state index is 11.1. The Morgan fingerprint density at radius 1 is 1.45 bits per heavy atom. The van der Waals surface area contributed by atoms with Gasteiger partial charge in [0.1, 0.15) is 0 Å². The number of benzene rings is 1. The van der Waals surface area contributed by atoms with Gasteiger partial charge in [-0.25, -0.2) is 0 Å². The summed E-state index contributed by atoms with van der Waals surface area (Å²) in [5.41, 5.74) is 0.935. The number of rotatable bonds is 4. The van der Waals surface area contributed by atoms with E-state index in [1.807, 2.05) is 7.05 Å². The first-order chi connectivity index (χ1) is 9.51. The predicted octanol–water partition coefficient (Wildman–Crippen LogP) is 3.81. The third-order valence-electron chi connectivity index (χ3n) is 4.34. The van der Waals surface area contributed by atoms with E-state index in [-0.39, 0.29) is 10.6 Å². The summed E-state index contributed by atoms with van der Waals surface area (Å²) in [5, 5.41) is 15.1. The first-order valence-electron chi connectivity index (χ1n) is 7.11. The lowest BCUT2D eigenvalue weighted by Crippen LogP contribution is -2.39. The topological polar surface area (TPSA) is 55.2 Å². The van der Waals surface area contributed by atoms with Crippen LogP contribution in [0.5, 0.6) is 0 Å². The standard InChI is InChI=1S/C15H21ClN2O2/c1-10-3-5-14(17-2)11(7-10)8-12-9-13(16)4-6-15(12)18(19)20/h4,6,9-11,14,17H,3,5,7-8H2,1-2H3. The van der Waals surface area contributed by atoms with Crippen molar-refractivity contribution >= 4 is 17.3 Å². The highest BCUT2D eigenvalue weighted by Crippen LogP contribution is 2.34. The Morgan fingerprint density at radius 2 is 2.20 bits per heavy atom. The van der Waals surface area contributed by atoms with Crippen LogP contribution in [0.2, 0.25) is 5.02 Å². The van der Waals surface area contributed by atoms with Crippen LogP contribution in [0.25, 0.3) is 0 Å². The van der Waals surface area contributed by atoms with Gasteiger partial charge in [0.2, 0.25) is 0 Å². The van der Waals surface area contributed by atoms with Crippen LogP contribution in [0.1, 0.15) is 31.7 Å². The van der Waals surface area contributed by atoms with Crippen LogP contribution >= 0.6 is 11.6 Å². The van der Waals surface area contributed by atoms with Gasteiger partial charge in [0.15, 0.2) is 0 Å². The van der Waals surface area contributed by atoms with E-state index < -0.39 is 0 Å². The van der Waals surface area contributed by atoms with Gasteiger partial charge in [-0.3, -0.25) is 10.1 Å². The summed E-state index contributed by atoms with van der Waals surface area (Å²) in [4.78, 5) is 10.8. The normalized spacial score (nSPS) is 26.4. The smallest absolute Gasteiger partial charge is 0.272 e. The zero-order valence-electron chi connectivity index (χ0n) is 11.9. The summed E-state index contributed by atoms with van der Waals surface area (Å²) in [6, 6.07) is 5.27. The van der Waals surface area contributed by atoms with Gasteiger partial charge >= 0.3 is 0 Å². The Kier molecular flexibility index (Phi) is 5.00. The molecule has 4 nitrogen and oxygen atoms in total. The maximum atomic E-state index is 11.1. The second kappa shape index (κ2) is 6.55. The van der Waals surface area contributed by atoms with E-state index in [0.717, 1.165) is 18.4 Å². The summed E-state index contributed by atoms with van der Waals surface area (Å²) in [5.74, 6) is 1.11. The van der Waals surface area contributed by atoms with Crippen molar-refractivity contribution in [2.75, 3.05) is 7.05 Å². The minimum atomic E-state index is -0.313. The van der Waals surface area contributed by atoms with E-state index in [4.69, 9.17) is 11.6 Å². The highest BCUT2D eigenvalue weighted by Gasteiger charge is 2.29. The number of nitro groups is 1. The van der Waals surface area contributed by atoms with Crippen LogP contribution in [0.4, 0.5) is 5.69 Å². The fraction of sp³-hybridized carbons (Fsp3) is 0.600. The molecule has 0 radical (unpaired) electrons. The lowest BCUT2D eigenvalue weighted by molar-refractivity contribution is -0.385. The molecule has 110 valence electrons. The lowest BCUT2D eigenvalue weighted by atomic mass is 9.76. The Bertz CT molecular complexity index is 493. The van der Waals surface area contributed by atoms with Crippen molar-refractivity contribution < 1.29 is 4.92 Å². The van der Waals surface area contributed by atoms with Crippen LogP contribution in [0, 0.1) is 22.0 Å². The number of halogens is 1. The van der Waals surface area contributed by atoms with Crippen LogP contribution in [-0.4, -0.2) is 18.0 Å². The van der Waals surface area contributed by atoms with Crippen LogP contribution in [-0.2, 0) is 6.42 Å². The Labute approximate surface area is 124 Å². The second-order valence-electron chi connectivity index (χ2n) is 5.81. The van der Waals surface area contributed by atoms with Gasteiger partial charge in [-0.2, -0.15) is 0 Å². The molecule has 1 saturated carbocycles. The molecule has 1 fully saturated rings. The van der Waals surface area contributed by atoms with Gasteiger partial charge in [0.25, 0.3) is 5.69 Å². The molecule has 5 heteroatoms. The highest BCUT2D eigenvalue weighted by atomic mass is 35.5. The molecule has 0 heterocycles. The van der Waals surface area contributed by atoms with E-state index in [1.165, 1.54) is 12.5 Å². The number of nitro benzene ring substituents is 1. The summed E-state index contributed by atoms with van der Waals surface area (Å²) in [6.45, 7) is 2.26. The van der Waals surface area contributed by atoms with Crippen LogP contribution in [0.15, 0.2) is 18.2 Å². The molecule has 2 rings (SSSR count). The summed E-state index contributed by atoms with van der Waals surface area (Å²) >= 11 is 6.00. The molecule has 0 aromatic heterocycles. The molecule has 0 aliphatic heterocycles. The third kappa shape index (κ3) is 3.49. The van der Waals surface area contributed by atoms with Crippen molar-refractivity contribution in [1.29, 1.82) is 0 Å². The largest absolute Gasteiger partial charge is 0.317 e. The van der Waals surface area contributed by atoms with Crippen molar-refractivity contribution in [3.8, 4) is 0 Å². The minimum Gasteiger partial charge on any atom is -0.317 e. The molecule has 20 heavy (non-hydrogen) atoms. The number of nitrogens with zero attached hydrogens (tertiary/aromatic N) is 1. The highest BCUT2D eigenvalue weighted by molar-refractivity contribution is 6.30. The molecular weight excluding hydrogens is 276 g/mol. The van der Waals surface area contributed by atoms with Gasteiger partial charge in [0, 0.05) is 22.7 Å². The zero-order chi connectivity index (χ0) is 14.7. The molecule has 0 saturated heterocycles. The van der Waals surface area contributed by atoms with Crippen molar-refractivity contribution in [3.05, 3.63) is 38.9 Å². The van der Waals surface area contributed by atoms with E-state index in [2.05, 4.69) is 12.2 Å². The van der Waals surface area contributed by atoms with Crippen LogP contribution in [0.3, 0.4) is 0 Å². The Morgan fingerprint density at radius 3 is 2.85 bits per heavy atom. The molecular formula is C15H21ClN2O2. The molecule has 3 atom stereocenters. The lowest BCUT2D eigenvalue weighted by Gasteiger charge is -2.34. The number of hydrogen-bond donors (Lipinski definition) is 1. The quantitative estimate of drug-likeness (QED) is 0.679. The fourth-order valence-corrected chi connectivity index (χ4v) is 3.48. The Balaban J connectivity index is 2.23. The van der Waals surface area contributed by atoms with Gasteiger partial charge in [-0.15, -0.1) is 0 Å². The van der Waals surface area contributed by atoms with Crippen LogP contribution < -0.4 is 5.32 Å². The molecule has 1 aliphatic carbocycles. The fourth-order valence-electron chi connectivity index (χ4n) is 3.28. The molecule has 1 aromatic rings. The van der Waals surface area contributed by atoms with Gasteiger partial charge in [0.05, 0.1) is 4.92 Å². The molecule has 3 unspecified atom stereocenters. The maximum Gasteiger partial charge on any atom is 0.272 e. The molecule has 0 amide bonds. The Hall–Kier alpha value is -1.13. The minimum absolute atomic E-state index is 0.183. The van der Waals surface area contributed by atoms with E-state index in [0.29, 0.717) is 29.3 Å². The van der Waals surface area contributed by atoms with Crippen molar-refractivity contribution in [1.82, 2.24) is 5.32 Å². The van der Waals surface area contributed by atoms with E-state index in [1.54, 1.807) is 12.1 Å². The molecule has 1 N–H and O–H groups in total. The third-order valence-corrected chi connectivity index (χ3v) is 4.57. The summed E-state index contributed by atoms with van der Waals surface area (Å²) < 4.78 is 0. The number of nitrogens with one attached hydrogen (secondary N) is 1. The van der Waals surface area contributed by atoms with Crippen molar-refractivity contribution in [2.24, 2.45) is 11.8 Å². The SMILES string of the molecule is CNC1CCC(C)CC1Cc1cc(Cl)ccc1[N+](=O)[O-]. The van der Waals surface area contributed by atoms with Gasteiger partial charge in [-0.05, 0) is 56.7 Å². The zero-order valence-corrected chi connectivity index (χ0v) is 12.7. The first-order valence-corrected chi connectivity index (χ1v) is 7.49. The van der Waals surface area contributed by atoms with Crippen molar-refractivity contribution in [2.45, 2.75) is 38.6 Å². The second-order valence-corrected chi connectivity index (χ2v) is 6.24. The first kappa shape index (κ1) is 15.3.